The number of nitrogens with zero attached hydrogens (tertiary/aromatic N) is 2. The Morgan fingerprint density at radius 1 is 0.739 bits per heavy atom. The molecule has 3 heterocycles. The van der Waals surface area contributed by atoms with Crippen molar-refractivity contribution >= 4 is 0 Å². The van der Waals surface area contributed by atoms with Crippen LogP contribution in [0.2, 0.25) is 0 Å². The van der Waals surface area contributed by atoms with E-state index < -0.39 is 0 Å². The van der Waals surface area contributed by atoms with Gasteiger partial charge in [0.15, 0.2) is 0 Å². The topological polar surface area (TPSA) is 18.5 Å². The molecule has 2 aliphatic carbocycles. The van der Waals surface area contributed by atoms with Crippen LogP contribution in [0.5, 0.6) is 0 Å². The summed E-state index contributed by atoms with van der Waals surface area (Å²) < 4.78 is 0. The lowest BCUT2D eigenvalue weighted by Gasteiger charge is -2.59. The molecule has 0 amide bonds. The summed E-state index contributed by atoms with van der Waals surface area (Å²) in [5, 5.41) is 3.50. The molecule has 0 aromatic carbocycles. The normalized spacial score (nSPS) is 38.2. The average molecular weight is 318 g/mol. The molecule has 23 heavy (non-hydrogen) atoms. The monoisotopic (exact) mass is 317 g/mol. The predicted molar refractivity (Wildman–Crippen MR) is 94.6 cm³/mol. The highest BCUT2D eigenvalue weighted by atomic mass is 15.2. The zero-order chi connectivity index (χ0) is 15.5. The van der Waals surface area contributed by atoms with Gasteiger partial charge in [-0.15, -0.1) is 0 Å². The van der Waals surface area contributed by atoms with Crippen molar-refractivity contribution in [2.24, 2.45) is 16.7 Å². The third kappa shape index (κ3) is 2.58. The van der Waals surface area contributed by atoms with Gasteiger partial charge in [0.1, 0.15) is 0 Å². The standard InChI is InChI=1S/C20H35N3/c1-16-10-22(11-16)17-4-8-20(9-5-17)14-23(15-20)18-2-6-19(7-3-18)12-21-13-19/h16-18,21H,2-15H2,1H3. The van der Waals surface area contributed by atoms with E-state index in [1.165, 1.54) is 90.6 Å². The Bertz CT molecular complexity index is 426. The van der Waals surface area contributed by atoms with Crippen molar-refractivity contribution in [3.05, 3.63) is 0 Å². The first-order valence-electron chi connectivity index (χ1n) is 10.3. The van der Waals surface area contributed by atoms with Crippen molar-refractivity contribution in [2.75, 3.05) is 39.3 Å². The summed E-state index contributed by atoms with van der Waals surface area (Å²) in [6, 6.07) is 1.87. The quantitative estimate of drug-likeness (QED) is 0.845. The van der Waals surface area contributed by atoms with E-state index in [0.717, 1.165) is 28.8 Å². The minimum absolute atomic E-state index is 0.728. The van der Waals surface area contributed by atoms with Gasteiger partial charge >= 0.3 is 0 Å². The molecule has 0 aromatic rings. The Balaban J connectivity index is 1.08. The maximum Gasteiger partial charge on any atom is 0.00961 e. The van der Waals surface area contributed by atoms with Crippen LogP contribution in [0.15, 0.2) is 0 Å². The van der Waals surface area contributed by atoms with Crippen LogP contribution in [0.3, 0.4) is 0 Å². The lowest BCUT2D eigenvalue weighted by Crippen LogP contribution is -2.64. The number of hydrogen-bond donors (Lipinski definition) is 1. The Morgan fingerprint density at radius 3 is 1.74 bits per heavy atom. The van der Waals surface area contributed by atoms with Gasteiger partial charge in [-0.3, -0.25) is 9.80 Å². The van der Waals surface area contributed by atoms with Crippen molar-refractivity contribution < 1.29 is 0 Å². The third-order valence-electron chi connectivity index (χ3n) is 8.23. The zero-order valence-electron chi connectivity index (χ0n) is 15.0. The molecule has 0 radical (unpaired) electrons. The summed E-state index contributed by atoms with van der Waals surface area (Å²) in [7, 11) is 0. The fourth-order valence-corrected chi connectivity index (χ4v) is 6.43. The van der Waals surface area contributed by atoms with Gasteiger partial charge in [0, 0.05) is 51.4 Å². The molecular weight excluding hydrogens is 282 g/mol. The third-order valence-corrected chi connectivity index (χ3v) is 8.23. The maximum atomic E-state index is 3.50. The summed E-state index contributed by atoms with van der Waals surface area (Å²) in [4.78, 5) is 5.63. The van der Waals surface area contributed by atoms with Crippen LogP contribution in [0, 0.1) is 16.7 Å². The highest BCUT2D eigenvalue weighted by Crippen LogP contribution is 2.49. The van der Waals surface area contributed by atoms with Gasteiger partial charge in [0.05, 0.1) is 0 Å². The molecule has 2 saturated carbocycles. The molecule has 0 bridgehead atoms. The summed E-state index contributed by atoms with van der Waals surface area (Å²) in [6.07, 6.45) is 11.9. The molecule has 1 N–H and O–H groups in total. The summed E-state index contributed by atoms with van der Waals surface area (Å²) in [5.41, 5.74) is 1.46. The van der Waals surface area contributed by atoms with Crippen LogP contribution in [0.4, 0.5) is 0 Å². The van der Waals surface area contributed by atoms with E-state index >= 15 is 0 Å². The van der Waals surface area contributed by atoms with Crippen LogP contribution < -0.4 is 5.32 Å². The van der Waals surface area contributed by atoms with Crippen LogP contribution in [-0.4, -0.2) is 61.2 Å². The molecule has 5 aliphatic rings. The minimum Gasteiger partial charge on any atom is -0.316 e. The van der Waals surface area contributed by atoms with Crippen molar-refractivity contribution in [1.82, 2.24) is 15.1 Å². The molecule has 5 fully saturated rings. The van der Waals surface area contributed by atoms with Gasteiger partial charge in [-0.25, -0.2) is 0 Å². The van der Waals surface area contributed by atoms with Crippen molar-refractivity contribution in [3.8, 4) is 0 Å². The molecule has 5 rings (SSSR count). The number of nitrogens with one attached hydrogen (secondary N) is 1. The molecular formula is C20H35N3. The summed E-state index contributed by atoms with van der Waals surface area (Å²) in [5.74, 6) is 0.963. The van der Waals surface area contributed by atoms with Gasteiger partial charge < -0.3 is 5.32 Å². The fourth-order valence-electron chi connectivity index (χ4n) is 6.43. The molecule has 0 atom stereocenters. The molecule has 3 nitrogen and oxygen atoms in total. The SMILES string of the molecule is CC1CN(C2CCC3(CC2)CN(C2CCC4(CC2)CNC4)C3)C1. The van der Waals surface area contributed by atoms with E-state index in [0.29, 0.717) is 0 Å². The number of hydrogen-bond acceptors (Lipinski definition) is 3. The minimum atomic E-state index is 0.728. The van der Waals surface area contributed by atoms with Gasteiger partial charge in [-0.05, 0) is 68.1 Å². The molecule has 3 saturated heterocycles. The van der Waals surface area contributed by atoms with E-state index in [9.17, 15) is 0 Å². The highest BCUT2D eigenvalue weighted by molar-refractivity contribution is 5.04. The van der Waals surface area contributed by atoms with E-state index in [1.807, 2.05) is 0 Å². The van der Waals surface area contributed by atoms with E-state index in [2.05, 4.69) is 22.0 Å². The Hall–Kier alpha value is -0.120. The summed E-state index contributed by atoms with van der Waals surface area (Å²) >= 11 is 0. The highest BCUT2D eigenvalue weighted by Gasteiger charge is 2.50. The number of rotatable bonds is 2. The number of likely N-dealkylation sites (tertiary alicyclic amines) is 2. The van der Waals surface area contributed by atoms with Crippen LogP contribution >= 0.6 is 0 Å². The first kappa shape index (κ1) is 15.2. The lowest BCUT2D eigenvalue weighted by atomic mass is 9.64. The second-order valence-corrected chi connectivity index (χ2v) is 10.0. The fraction of sp³-hybridized carbons (Fsp3) is 1.00. The van der Waals surface area contributed by atoms with Crippen molar-refractivity contribution in [1.29, 1.82) is 0 Å². The van der Waals surface area contributed by atoms with Gasteiger partial charge in [0.2, 0.25) is 0 Å². The van der Waals surface area contributed by atoms with Gasteiger partial charge in [-0.1, -0.05) is 6.92 Å². The van der Waals surface area contributed by atoms with Crippen LogP contribution in [0.1, 0.15) is 58.3 Å². The van der Waals surface area contributed by atoms with Crippen LogP contribution in [-0.2, 0) is 0 Å². The largest absolute Gasteiger partial charge is 0.316 e. The molecule has 3 aliphatic heterocycles. The smallest absolute Gasteiger partial charge is 0.00961 e. The molecule has 0 unspecified atom stereocenters. The second-order valence-electron chi connectivity index (χ2n) is 10.0. The molecule has 3 heteroatoms. The maximum absolute atomic E-state index is 3.50. The first-order chi connectivity index (χ1) is 11.2. The Morgan fingerprint density at radius 2 is 1.26 bits per heavy atom. The van der Waals surface area contributed by atoms with Gasteiger partial charge in [0.25, 0.3) is 0 Å². The molecule has 2 spiro atoms. The lowest BCUT2D eigenvalue weighted by molar-refractivity contribution is -0.0912. The van der Waals surface area contributed by atoms with Crippen LogP contribution in [0.25, 0.3) is 0 Å². The Labute approximate surface area is 142 Å². The second kappa shape index (κ2) is 5.44. The van der Waals surface area contributed by atoms with Crippen molar-refractivity contribution in [2.45, 2.75) is 70.4 Å². The summed E-state index contributed by atoms with van der Waals surface area (Å²) in [6.45, 7) is 10.6. The first-order valence-corrected chi connectivity index (χ1v) is 10.3. The predicted octanol–water partition coefficient (Wildman–Crippen LogP) is 2.71. The van der Waals surface area contributed by atoms with E-state index in [1.54, 1.807) is 0 Å². The molecule has 130 valence electrons. The van der Waals surface area contributed by atoms with Gasteiger partial charge in [-0.2, -0.15) is 0 Å². The zero-order valence-corrected chi connectivity index (χ0v) is 15.0. The average Bonchev–Trinajstić information content (AvgIpc) is 2.49. The van der Waals surface area contributed by atoms with E-state index in [4.69, 9.17) is 0 Å². The van der Waals surface area contributed by atoms with E-state index in [-0.39, 0.29) is 0 Å². The Kier molecular flexibility index (Phi) is 3.58. The molecule has 0 aromatic heterocycles. The van der Waals surface area contributed by atoms with Crippen molar-refractivity contribution in [3.63, 3.8) is 0 Å².